The van der Waals surface area contributed by atoms with Gasteiger partial charge in [0.1, 0.15) is 0 Å². The lowest BCUT2D eigenvalue weighted by molar-refractivity contribution is 1.62. The van der Waals surface area contributed by atoms with Gasteiger partial charge in [-0.15, -0.1) is 35.3 Å². The molecule has 62 valence electrons. The molecule has 0 N–H and O–H groups in total. The van der Waals surface area contributed by atoms with Crippen LogP contribution in [0.15, 0.2) is 24.9 Å². The molecule has 0 amide bonds. The smallest absolute Gasteiger partial charge is 0.190 e. The van der Waals surface area contributed by atoms with Gasteiger partial charge in [0.2, 0.25) is 0 Å². The van der Waals surface area contributed by atoms with Crippen molar-refractivity contribution in [2.24, 2.45) is 0 Å². The first-order valence-corrected chi connectivity index (χ1v) is 5.96. The van der Waals surface area contributed by atoms with E-state index in [9.17, 15) is 4.79 Å². The zero-order valence-corrected chi connectivity index (χ0v) is 9.82. The molecule has 12 heavy (non-hydrogen) atoms. The summed E-state index contributed by atoms with van der Waals surface area (Å²) in [5, 5.41) is 0.787. The summed E-state index contributed by atoms with van der Waals surface area (Å²) >= 11 is 10.6. The van der Waals surface area contributed by atoms with Crippen molar-refractivity contribution in [2.45, 2.75) is 4.21 Å². The molecule has 0 atom stereocenters. The molecular formula is C7H3BrOS3. The molecule has 0 saturated heterocycles. The van der Waals surface area contributed by atoms with E-state index in [0.29, 0.717) is 0 Å². The van der Waals surface area contributed by atoms with Gasteiger partial charge in [0.05, 0.1) is 17.4 Å². The summed E-state index contributed by atoms with van der Waals surface area (Å²) in [6.45, 7) is 0. The number of fused-ring (bicyclic) bond motifs is 1. The third-order valence-electron chi connectivity index (χ3n) is 1.39. The molecule has 0 aliphatic heterocycles. The molecule has 0 radical (unpaired) electrons. The minimum Gasteiger partial charge on any atom is -0.289 e. The van der Waals surface area contributed by atoms with Gasteiger partial charge in [-0.2, -0.15) is 0 Å². The fraction of sp³-hybridized carbons (Fsp3) is 0. The highest BCUT2D eigenvalue weighted by Gasteiger charge is 2.04. The van der Waals surface area contributed by atoms with Crippen LogP contribution < -0.4 is 5.43 Å². The topological polar surface area (TPSA) is 17.1 Å². The summed E-state index contributed by atoms with van der Waals surface area (Å²) in [6.07, 6.45) is 0. The van der Waals surface area contributed by atoms with Gasteiger partial charge in [-0.1, -0.05) is 0 Å². The standard InChI is InChI=1S/C7H3BrOS3/c8-5-1-3-4(9)2-6(10)12-7(3)11-5/h1-2,10H. The largest absolute Gasteiger partial charge is 0.289 e. The van der Waals surface area contributed by atoms with Crippen molar-refractivity contribution in [1.29, 1.82) is 0 Å². The van der Waals surface area contributed by atoms with Gasteiger partial charge < -0.3 is 0 Å². The summed E-state index contributed by atoms with van der Waals surface area (Å²) in [6, 6.07) is 3.40. The predicted octanol–water partition coefficient (Wildman–Crippen LogP) is 3.37. The SMILES string of the molecule is O=c1cc(S)sc2sc(Br)cc12. The van der Waals surface area contributed by atoms with Crippen LogP contribution in [-0.2, 0) is 0 Å². The maximum atomic E-state index is 11.4. The average molecular weight is 279 g/mol. The second-order valence-electron chi connectivity index (χ2n) is 2.20. The second kappa shape index (κ2) is 3.14. The van der Waals surface area contributed by atoms with Gasteiger partial charge in [0.15, 0.2) is 5.43 Å². The van der Waals surface area contributed by atoms with Gasteiger partial charge in [-0.3, -0.25) is 4.79 Å². The molecule has 0 spiro atoms. The molecule has 0 unspecified atom stereocenters. The third kappa shape index (κ3) is 1.46. The van der Waals surface area contributed by atoms with Crippen molar-refractivity contribution in [3.8, 4) is 0 Å². The zero-order valence-electron chi connectivity index (χ0n) is 5.70. The van der Waals surface area contributed by atoms with E-state index in [1.54, 1.807) is 17.4 Å². The molecule has 0 saturated carbocycles. The van der Waals surface area contributed by atoms with Crippen molar-refractivity contribution in [1.82, 2.24) is 0 Å². The fourth-order valence-corrected chi connectivity index (χ4v) is 4.47. The average Bonchev–Trinajstić information content (AvgIpc) is 2.29. The molecule has 0 fully saturated rings. The summed E-state index contributed by atoms with van der Waals surface area (Å²) < 4.78 is 2.78. The Bertz CT molecular complexity index is 485. The lowest BCUT2D eigenvalue weighted by Gasteiger charge is -1.87. The summed E-state index contributed by atoms with van der Waals surface area (Å²) in [4.78, 5) is 11.4. The Morgan fingerprint density at radius 1 is 1.33 bits per heavy atom. The number of hydrogen-bond donors (Lipinski definition) is 1. The molecule has 5 heteroatoms. The lowest BCUT2D eigenvalue weighted by atomic mass is 10.4. The van der Waals surface area contributed by atoms with E-state index in [2.05, 4.69) is 28.6 Å². The highest BCUT2D eigenvalue weighted by atomic mass is 79.9. The number of rotatable bonds is 0. The van der Waals surface area contributed by atoms with Crippen molar-refractivity contribution >= 4 is 60.6 Å². The Labute approximate surface area is 90.6 Å². The van der Waals surface area contributed by atoms with E-state index >= 15 is 0 Å². The van der Waals surface area contributed by atoms with Crippen molar-refractivity contribution < 1.29 is 0 Å². The molecule has 2 aromatic rings. The van der Waals surface area contributed by atoms with Crippen molar-refractivity contribution in [3.05, 3.63) is 26.1 Å². The van der Waals surface area contributed by atoms with Gasteiger partial charge in [0.25, 0.3) is 0 Å². The van der Waals surface area contributed by atoms with E-state index in [1.165, 1.54) is 11.3 Å². The Balaban J connectivity index is 2.98. The molecule has 0 aliphatic rings. The minimum absolute atomic E-state index is 0.0516. The Morgan fingerprint density at radius 3 is 2.83 bits per heavy atom. The lowest BCUT2D eigenvalue weighted by Crippen LogP contribution is -1.94. The monoisotopic (exact) mass is 278 g/mol. The number of halogens is 1. The molecule has 0 bridgehead atoms. The van der Waals surface area contributed by atoms with E-state index in [-0.39, 0.29) is 5.43 Å². The summed E-state index contributed by atoms with van der Waals surface area (Å²) in [5.41, 5.74) is 0.0516. The molecule has 2 heterocycles. The minimum atomic E-state index is 0.0516. The summed E-state index contributed by atoms with van der Waals surface area (Å²) in [7, 11) is 0. The first-order chi connectivity index (χ1) is 5.66. The first kappa shape index (κ1) is 8.74. The number of thiophene rings is 1. The molecule has 2 aromatic heterocycles. The van der Waals surface area contributed by atoms with E-state index < -0.39 is 0 Å². The van der Waals surface area contributed by atoms with Crippen molar-refractivity contribution in [2.75, 3.05) is 0 Å². The van der Waals surface area contributed by atoms with Crippen LogP contribution in [0.25, 0.3) is 9.40 Å². The Hall–Kier alpha value is 0.160. The number of hydrogen-bond acceptors (Lipinski definition) is 4. The van der Waals surface area contributed by atoms with Crippen LogP contribution in [0.2, 0.25) is 0 Å². The highest BCUT2D eigenvalue weighted by Crippen LogP contribution is 2.32. The molecule has 0 aromatic carbocycles. The van der Waals surface area contributed by atoms with Gasteiger partial charge in [-0.25, -0.2) is 0 Å². The fourth-order valence-electron chi connectivity index (χ4n) is 0.907. The molecule has 1 nitrogen and oxygen atoms in total. The van der Waals surface area contributed by atoms with E-state index in [4.69, 9.17) is 0 Å². The molecule has 2 rings (SSSR count). The Kier molecular flexibility index (Phi) is 2.29. The van der Waals surface area contributed by atoms with E-state index in [0.717, 1.165) is 17.4 Å². The Morgan fingerprint density at radius 2 is 2.08 bits per heavy atom. The first-order valence-electron chi connectivity index (χ1n) is 3.09. The van der Waals surface area contributed by atoms with Crippen LogP contribution in [0.4, 0.5) is 0 Å². The van der Waals surface area contributed by atoms with Crippen LogP contribution in [-0.4, -0.2) is 0 Å². The second-order valence-corrected chi connectivity index (χ2v) is 6.73. The normalized spacial score (nSPS) is 10.8. The van der Waals surface area contributed by atoms with Gasteiger partial charge >= 0.3 is 0 Å². The maximum absolute atomic E-state index is 11.4. The van der Waals surface area contributed by atoms with Crippen LogP contribution in [0.1, 0.15) is 0 Å². The third-order valence-corrected chi connectivity index (χ3v) is 4.45. The van der Waals surface area contributed by atoms with Crippen LogP contribution in [0, 0.1) is 0 Å². The van der Waals surface area contributed by atoms with Gasteiger partial charge in [0, 0.05) is 6.07 Å². The highest BCUT2D eigenvalue weighted by molar-refractivity contribution is 9.11. The van der Waals surface area contributed by atoms with Crippen molar-refractivity contribution in [3.63, 3.8) is 0 Å². The van der Waals surface area contributed by atoms with Crippen LogP contribution in [0.3, 0.4) is 0 Å². The van der Waals surface area contributed by atoms with Gasteiger partial charge in [-0.05, 0) is 22.0 Å². The zero-order chi connectivity index (χ0) is 8.72. The molecule has 0 aliphatic carbocycles. The maximum Gasteiger partial charge on any atom is 0.190 e. The molecular weight excluding hydrogens is 276 g/mol. The number of thiol groups is 1. The van der Waals surface area contributed by atoms with Crippen LogP contribution >= 0.6 is 51.2 Å². The quantitative estimate of drug-likeness (QED) is 0.732. The predicted molar refractivity (Wildman–Crippen MR) is 60.9 cm³/mol. The van der Waals surface area contributed by atoms with E-state index in [1.807, 2.05) is 6.07 Å². The summed E-state index contributed by atoms with van der Waals surface area (Å²) in [5.74, 6) is 0. The van der Waals surface area contributed by atoms with Crippen LogP contribution in [0.5, 0.6) is 0 Å².